The lowest BCUT2D eigenvalue weighted by Crippen LogP contribution is -2.28. The molecule has 0 aliphatic carbocycles. The minimum absolute atomic E-state index is 0.387. The van der Waals surface area contributed by atoms with Crippen molar-refractivity contribution in [3.63, 3.8) is 0 Å². The highest BCUT2D eigenvalue weighted by molar-refractivity contribution is 5.11. The van der Waals surface area contributed by atoms with Crippen molar-refractivity contribution in [1.82, 2.24) is 0 Å². The van der Waals surface area contributed by atoms with Gasteiger partial charge in [-0.3, -0.25) is 0 Å². The van der Waals surface area contributed by atoms with Gasteiger partial charge in [0.15, 0.2) is 0 Å². The van der Waals surface area contributed by atoms with Crippen LogP contribution in [0.2, 0.25) is 0 Å². The van der Waals surface area contributed by atoms with Gasteiger partial charge < -0.3 is 0 Å². The molecule has 0 aromatic rings. The maximum atomic E-state index is 4.01. The fourth-order valence-corrected chi connectivity index (χ4v) is 3.31. The van der Waals surface area contributed by atoms with Crippen molar-refractivity contribution in [1.29, 1.82) is 0 Å². The Hall–Kier alpha value is -0.520. The molecule has 1 unspecified atom stereocenters. The van der Waals surface area contributed by atoms with Crippen molar-refractivity contribution in [2.24, 2.45) is 5.41 Å². The molecule has 1 atom stereocenters. The molecule has 0 nitrogen and oxygen atoms in total. The monoisotopic (exact) mass is 277 g/mol. The van der Waals surface area contributed by atoms with Crippen LogP contribution in [0.5, 0.6) is 0 Å². The number of unbranched alkanes of at least 4 members (excludes halogenated alkanes) is 4. The van der Waals surface area contributed by atoms with Crippen molar-refractivity contribution >= 4 is 0 Å². The van der Waals surface area contributed by atoms with Gasteiger partial charge in [-0.05, 0) is 43.4 Å². The number of rotatable bonds is 14. The lowest BCUT2D eigenvalue weighted by Gasteiger charge is -2.40. The highest BCUT2D eigenvalue weighted by Crippen LogP contribution is 2.46. The van der Waals surface area contributed by atoms with Crippen LogP contribution in [0.25, 0.3) is 0 Å². The highest BCUT2D eigenvalue weighted by Gasteiger charge is 2.34. The molecule has 0 saturated carbocycles. The molecule has 0 saturated heterocycles. The summed E-state index contributed by atoms with van der Waals surface area (Å²) in [4.78, 5) is 0. The second-order valence-electron chi connectivity index (χ2n) is 6.14. The zero-order chi connectivity index (χ0) is 15.3. The fraction of sp³-hybridized carbons (Fsp3) is 0.750. The van der Waals surface area contributed by atoms with Gasteiger partial charge in [-0.1, -0.05) is 71.4 Å². The van der Waals surface area contributed by atoms with Gasteiger partial charge in [-0.15, -0.1) is 13.2 Å². The molecule has 0 aliphatic heterocycles. The molecular formula is C20H37. The van der Waals surface area contributed by atoms with E-state index in [1.165, 1.54) is 57.8 Å². The summed E-state index contributed by atoms with van der Waals surface area (Å²) in [7, 11) is 0. The summed E-state index contributed by atoms with van der Waals surface area (Å²) < 4.78 is 0. The number of hydrogen-bond acceptors (Lipinski definition) is 0. The highest BCUT2D eigenvalue weighted by atomic mass is 14.4. The first-order valence-electron chi connectivity index (χ1n) is 8.77. The third-order valence-electron chi connectivity index (χ3n) is 4.69. The Labute approximate surface area is 128 Å². The Kier molecular flexibility index (Phi) is 11.9. The van der Waals surface area contributed by atoms with Gasteiger partial charge in [0, 0.05) is 0 Å². The predicted molar refractivity (Wildman–Crippen MR) is 93.9 cm³/mol. The topological polar surface area (TPSA) is 0 Å². The zero-order valence-electron chi connectivity index (χ0n) is 14.3. The minimum atomic E-state index is 0.387. The smallest absolute Gasteiger partial charge is 0.0139 e. The Morgan fingerprint density at radius 2 is 1.60 bits per heavy atom. The molecule has 0 amide bonds. The molecule has 0 aromatic heterocycles. The van der Waals surface area contributed by atoms with Gasteiger partial charge in [0.2, 0.25) is 0 Å². The lowest BCUT2D eigenvalue weighted by atomic mass is 9.65. The van der Waals surface area contributed by atoms with Crippen LogP contribution in [0.4, 0.5) is 0 Å². The van der Waals surface area contributed by atoms with Gasteiger partial charge in [-0.25, -0.2) is 0 Å². The SMILES string of the molecule is C=CC[C](CCCCCC)C(CC)(CC=C)CCCC. The minimum Gasteiger partial charge on any atom is -0.103 e. The summed E-state index contributed by atoms with van der Waals surface area (Å²) >= 11 is 0. The molecular weight excluding hydrogens is 240 g/mol. The Bertz CT molecular complexity index is 240. The summed E-state index contributed by atoms with van der Waals surface area (Å²) in [6, 6.07) is 0. The second-order valence-corrected chi connectivity index (χ2v) is 6.14. The molecule has 0 heterocycles. The van der Waals surface area contributed by atoms with E-state index in [2.05, 4.69) is 46.1 Å². The Morgan fingerprint density at radius 3 is 2.10 bits per heavy atom. The molecule has 0 aliphatic rings. The summed E-state index contributed by atoms with van der Waals surface area (Å²) in [6.07, 6.45) is 18.4. The quantitative estimate of drug-likeness (QED) is 0.231. The van der Waals surface area contributed by atoms with Crippen LogP contribution in [0, 0.1) is 11.3 Å². The molecule has 117 valence electrons. The lowest BCUT2D eigenvalue weighted by molar-refractivity contribution is 0.243. The zero-order valence-corrected chi connectivity index (χ0v) is 14.3. The Morgan fingerprint density at radius 1 is 0.900 bits per heavy atom. The van der Waals surface area contributed by atoms with Gasteiger partial charge in [-0.2, -0.15) is 0 Å². The standard InChI is InChI=1S/C20H37/c1-6-11-13-14-16-19(15-8-3)20(10-5,17-9-4)18-12-7-2/h8-9H,3-4,6-7,10-18H2,1-2,5H3. The van der Waals surface area contributed by atoms with E-state index in [-0.39, 0.29) is 0 Å². The summed E-state index contributed by atoms with van der Waals surface area (Å²) in [5, 5.41) is 0. The molecule has 0 bridgehead atoms. The normalized spacial score (nSPS) is 14.2. The largest absolute Gasteiger partial charge is 0.103 e. The van der Waals surface area contributed by atoms with Gasteiger partial charge in [0.05, 0.1) is 0 Å². The van der Waals surface area contributed by atoms with Crippen LogP contribution < -0.4 is 0 Å². The maximum absolute atomic E-state index is 4.01. The van der Waals surface area contributed by atoms with E-state index >= 15 is 0 Å². The van der Waals surface area contributed by atoms with Crippen LogP contribution in [0.3, 0.4) is 0 Å². The third-order valence-corrected chi connectivity index (χ3v) is 4.69. The third kappa shape index (κ3) is 6.77. The summed E-state index contributed by atoms with van der Waals surface area (Å²) in [5.41, 5.74) is 0.387. The number of hydrogen-bond donors (Lipinski definition) is 0. The van der Waals surface area contributed by atoms with Crippen LogP contribution in [0.1, 0.15) is 91.4 Å². The van der Waals surface area contributed by atoms with E-state index in [1.807, 2.05) is 0 Å². The molecule has 20 heavy (non-hydrogen) atoms. The molecule has 0 rings (SSSR count). The first-order valence-corrected chi connectivity index (χ1v) is 8.77. The predicted octanol–water partition coefficient (Wildman–Crippen LogP) is 7.27. The van der Waals surface area contributed by atoms with E-state index in [9.17, 15) is 0 Å². The van der Waals surface area contributed by atoms with E-state index in [1.54, 1.807) is 5.92 Å². The maximum Gasteiger partial charge on any atom is -0.0139 e. The molecule has 0 spiro atoms. The molecule has 0 heteroatoms. The fourth-order valence-electron chi connectivity index (χ4n) is 3.31. The first kappa shape index (κ1) is 19.5. The van der Waals surface area contributed by atoms with E-state index in [0.29, 0.717) is 5.41 Å². The molecule has 0 N–H and O–H groups in total. The van der Waals surface area contributed by atoms with Gasteiger partial charge in [0.25, 0.3) is 0 Å². The van der Waals surface area contributed by atoms with Crippen LogP contribution in [-0.2, 0) is 0 Å². The summed E-state index contributed by atoms with van der Waals surface area (Å²) in [5.74, 6) is 1.74. The van der Waals surface area contributed by atoms with Crippen molar-refractivity contribution in [2.75, 3.05) is 0 Å². The van der Waals surface area contributed by atoms with E-state index in [4.69, 9.17) is 0 Å². The van der Waals surface area contributed by atoms with Crippen LogP contribution in [-0.4, -0.2) is 0 Å². The van der Waals surface area contributed by atoms with E-state index in [0.717, 1.165) is 12.8 Å². The first-order chi connectivity index (χ1) is 9.70. The average Bonchev–Trinajstić information content (AvgIpc) is 2.47. The molecule has 0 aromatic carbocycles. The van der Waals surface area contributed by atoms with Crippen molar-refractivity contribution in [3.8, 4) is 0 Å². The van der Waals surface area contributed by atoms with Crippen molar-refractivity contribution < 1.29 is 0 Å². The summed E-state index contributed by atoms with van der Waals surface area (Å²) in [6.45, 7) is 14.9. The van der Waals surface area contributed by atoms with Gasteiger partial charge in [0.1, 0.15) is 0 Å². The van der Waals surface area contributed by atoms with Crippen LogP contribution >= 0.6 is 0 Å². The van der Waals surface area contributed by atoms with Crippen LogP contribution in [0.15, 0.2) is 25.3 Å². The van der Waals surface area contributed by atoms with Gasteiger partial charge >= 0.3 is 0 Å². The van der Waals surface area contributed by atoms with Crippen molar-refractivity contribution in [3.05, 3.63) is 31.2 Å². The average molecular weight is 278 g/mol. The Balaban J connectivity index is 4.77. The second kappa shape index (κ2) is 12.2. The molecule has 0 fully saturated rings. The van der Waals surface area contributed by atoms with Crippen molar-refractivity contribution in [2.45, 2.75) is 91.4 Å². The number of allylic oxidation sites excluding steroid dienone is 2. The van der Waals surface area contributed by atoms with E-state index < -0.39 is 0 Å². The molecule has 1 radical (unpaired) electrons.